The van der Waals surface area contributed by atoms with Gasteiger partial charge in [0.25, 0.3) is 5.69 Å². The topological polar surface area (TPSA) is 121 Å². The summed E-state index contributed by atoms with van der Waals surface area (Å²) in [4.78, 5) is 37.9. The number of rotatable bonds is 3. The van der Waals surface area contributed by atoms with Gasteiger partial charge in [-0.05, 0) is 14.0 Å². The first kappa shape index (κ1) is 13.0. The maximum Gasteiger partial charge on any atom is 0.314 e. The number of H-pyrrole nitrogens is 2. The van der Waals surface area contributed by atoms with E-state index in [-0.39, 0.29) is 11.2 Å². The molecule has 8 nitrogen and oxygen atoms in total. The van der Waals surface area contributed by atoms with Crippen molar-refractivity contribution in [2.45, 2.75) is 13.5 Å². The van der Waals surface area contributed by atoms with Crippen molar-refractivity contribution < 1.29 is 4.92 Å². The van der Waals surface area contributed by atoms with Crippen LogP contribution in [0.5, 0.6) is 0 Å². The van der Waals surface area contributed by atoms with Gasteiger partial charge in [0, 0.05) is 23.7 Å². The molecule has 0 radical (unpaired) electrons. The minimum Gasteiger partial charge on any atom is -0.316 e. The van der Waals surface area contributed by atoms with Crippen molar-refractivity contribution >= 4 is 16.7 Å². The van der Waals surface area contributed by atoms with Crippen molar-refractivity contribution in [1.29, 1.82) is 0 Å². The van der Waals surface area contributed by atoms with Crippen LogP contribution in [0.1, 0.15) is 11.1 Å². The van der Waals surface area contributed by atoms with E-state index < -0.39 is 16.0 Å². The molecule has 8 heteroatoms. The molecule has 3 N–H and O–H groups in total. The number of nitro benzene ring substituents is 1. The Morgan fingerprint density at radius 1 is 1.32 bits per heavy atom. The Kier molecular flexibility index (Phi) is 3.17. The van der Waals surface area contributed by atoms with Gasteiger partial charge in [0.1, 0.15) is 0 Å². The fourth-order valence-corrected chi connectivity index (χ4v) is 2.00. The summed E-state index contributed by atoms with van der Waals surface area (Å²) in [7, 11) is 1.69. The van der Waals surface area contributed by atoms with Gasteiger partial charge in [0.05, 0.1) is 16.0 Å². The fraction of sp³-hybridized carbons (Fsp3) is 0.273. The van der Waals surface area contributed by atoms with Gasteiger partial charge in [-0.2, -0.15) is 0 Å². The molecule has 0 spiro atoms. The largest absolute Gasteiger partial charge is 0.316 e. The van der Waals surface area contributed by atoms with E-state index in [4.69, 9.17) is 0 Å². The minimum atomic E-state index is -0.832. The monoisotopic (exact) mass is 264 g/mol. The molecule has 2 rings (SSSR count). The lowest BCUT2D eigenvalue weighted by atomic mass is 10.0. The van der Waals surface area contributed by atoms with Gasteiger partial charge < -0.3 is 15.3 Å². The van der Waals surface area contributed by atoms with E-state index in [1.165, 1.54) is 6.07 Å². The van der Waals surface area contributed by atoms with Crippen LogP contribution < -0.4 is 16.4 Å². The number of aromatic nitrogens is 2. The summed E-state index contributed by atoms with van der Waals surface area (Å²) in [5.74, 6) is 0. The number of benzene rings is 1. The Hall–Kier alpha value is -2.48. The van der Waals surface area contributed by atoms with E-state index >= 15 is 0 Å². The van der Waals surface area contributed by atoms with E-state index in [2.05, 4.69) is 15.3 Å². The summed E-state index contributed by atoms with van der Waals surface area (Å²) >= 11 is 0. The normalized spacial score (nSPS) is 10.8. The van der Waals surface area contributed by atoms with E-state index in [1.807, 2.05) is 0 Å². The average Bonchev–Trinajstić information content (AvgIpc) is 2.35. The first-order chi connectivity index (χ1) is 8.95. The highest BCUT2D eigenvalue weighted by Gasteiger charge is 2.18. The Balaban J connectivity index is 2.95. The lowest BCUT2D eigenvalue weighted by molar-refractivity contribution is -0.385. The summed E-state index contributed by atoms with van der Waals surface area (Å²) in [6, 6.07) is 1.25. The highest BCUT2D eigenvalue weighted by molar-refractivity contribution is 5.82. The third-order valence-electron chi connectivity index (χ3n) is 2.93. The van der Waals surface area contributed by atoms with E-state index in [0.29, 0.717) is 23.2 Å². The van der Waals surface area contributed by atoms with Gasteiger partial charge in [0.15, 0.2) is 0 Å². The van der Waals surface area contributed by atoms with Gasteiger partial charge >= 0.3 is 11.1 Å². The minimum absolute atomic E-state index is 0.0968. The molecule has 0 amide bonds. The number of fused-ring (bicyclic) bond motifs is 1. The SMILES string of the molecule is CNCc1c(C)c([N+](=O)[O-])cc2[nH]c(=O)c(=O)[nH]c12. The maximum absolute atomic E-state index is 11.4. The Morgan fingerprint density at radius 2 is 1.95 bits per heavy atom. The first-order valence-electron chi connectivity index (χ1n) is 5.53. The zero-order valence-electron chi connectivity index (χ0n) is 10.4. The number of aromatic amines is 2. The van der Waals surface area contributed by atoms with E-state index in [1.54, 1.807) is 14.0 Å². The molecule has 1 aromatic carbocycles. The number of nitrogens with zero attached hydrogens (tertiary/aromatic N) is 1. The van der Waals surface area contributed by atoms with Crippen molar-refractivity contribution in [2.75, 3.05) is 7.05 Å². The lowest BCUT2D eigenvalue weighted by Gasteiger charge is -2.09. The number of nitrogens with one attached hydrogen (secondary N) is 3. The molecule has 0 unspecified atom stereocenters. The second-order valence-electron chi connectivity index (χ2n) is 4.12. The Morgan fingerprint density at radius 3 is 2.53 bits per heavy atom. The van der Waals surface area contributed by atoms with Crippen LogP contribution in [0.25, 0.3) is 11.0 Å². The van der Waals surface area contributed by atoms with Crippen molar-refractivity contribution in [1.82, 2.24) is 15.3 Å². The van der Waals surface area contributed by atoms with Crippen LogP contribution >= 0.6 is 0 Å². The highest BCUT2D eigenvalue weighted by atomic mass is 16.6. The first-order valence-corrected chi connectivity index (χ1v) is 5.53. The summed E-state index contributed by atoms with van der Waals surface area (Å²) in [6.07, 6.45) is 0. The van der Waals surface area contributed by atoms with Gasteiger partial charge in [-0.25, -0.2) is 0 Å². The fourth-order valence-electron chi connectivity index (χ4n) is 2.00. The molecular weight excluding hydrogens is 252 g/mol. The highest BCUT2D eigenvalue weighted by Crippen LogP contribution is 2.27. The summed E-state index contributed by atoms with van der Waals surface area (Å²) in [5, 5.41) is 13.9. The molecule has 0 bridgehead atoms. The van der Waals surface area contributed by atoms with Crippen LogP contribution in [0, 0.1) is 17.0 Å². The molecule has 0 aliphatic carbocycles. The number of hydrogen-bond acceptors (Lipinski definition) is 5. The molecule has 0 saturated heterocycles. The zero-order valence-corrected chi connectivity index (χ0v) is 10.4. The molecule has 1 aromatic heterocycles. The third-order valence-corrected chi connectivity index (χ3v) is 2.93. The summed E-state index contributed by atoms with van der Waals surface area (Å²) in [5.41, 5.74) is -0.0246. The van der Waals surface area contributed by atoms with Gasteiger partial charge in [-0.3, -0.25) is 19.7 Å². The van der Waals surface area contributed by atoms with Crippen LogP contribution in [0.4, 0.5) is 5.69 Å². The molecule has 100 valence electrons. The summed E-state index contributed by atoms with van der Waals surface area (Å²) < 4.78 is 0. The Labute approximate surface area is 106 Å². The smallest absolute Gasteiger partial charge is 0.314 e. The molecular formula is C11H12N4O4. The maximum atomic E-state index is 11.4. The summed E-state index contributed by atoms with van der Waals surface area (Å²) in [6.45, 7) is 1.94. The molecule has 0 atom stereocenters. The van der Waals surface area contributed by atoms with Gasteiger partial charge in [0.2, 0.25) is 0 Å². The quantitative estimate of drug-likeness (QED) is 0.414. The molecule has 0 saturated carbocycles. The lowest BCUT2D eigenvalue weighted by Crippen LogP contribution is -2.29. The van der Waals surface area contributed by atoms with Gasteiger partial charge in [-0.1, -0.05) is 0 Å². The van der Waals surface area contributed by atoms with Crippen LogP contribution in [0.2, 0.25) is 0 Å². The Bertz CT molecular complexity index is 775. The third kappa shape index (κ3) is 2.13. The second kappa shape index (κ2) is 4.65. The number of nitro groups is 1. The predicted octanol–water partition coefficient (Wildman–Crippen LogP) is 0.152. The average molecular weight is 264 g/mol. The van der Waals surface area contributed by atoms with Crippen LogP contribution in [-0.2, 0) is 6.54 Å². The standard InChI is InChI=1S/C11H12N4O4/c1-5-6(4-12-2)9-7(3-8(5)15(18)19)13-10(16)11(17)14-9/h3,12H,4H2,1-2H3,(H,13,16)(H,14,17). The van der Waals surface area contributed by atoms with Crippen LogP contribution in [0.3, 0.4) is 0 Å². The zero-order chi connectivity index (χ0) is 14.2. The van der Waals surface area contributed by atoms with Crippen LogP contribution in [-0.4, -0.2) is 21.9 Å². The predicted molar refractivity (Wildman–Crippen MR) is 69.3 cm³/mol. The second-order valence-corrected chi connectivity index (χ2v) is 4.12. The molecule has 19 heavy (non-hydrogen) atoms. The van der Waals surface area contributed by atoms with Crippen molar-refractivity contribution in [3.05, 3.63) is 48.0 Å². The molecule has 0 fully saturated rings. The molecule has 2 aromatic rings. The van der Waals surface area contributed by atoms with Gasteiger partial charge in [-0.15, -0.1) is 0 Å². The molecule has 0 aliphatic heterocycles. The van der Waals surface area contributed by atoms with E-state index in [9.17, 15) is 19.7 Å². The van der Waals surface area contributed by atoms with E-state index in [0.717, 1.165) is 0 Å². The van der Waals surface area contributed by atoms with Crippen molar-refractivity contribution in [3.8, 4) is 0 Å². The molecule has 1 heterocycles. The number of hydrogen-bond donors (Lipinski definition) is 3. The van der Waals surface area contributed by atoms with Crippen molar-refractivity contribution in [3.63, 3.8) is 0 Å². The van der Waals surface area contributed by atoms with Crippen LogP contribution in [0.15, 0.2) is 15.7 Å². The van der Waals surface area contributed by atoms with Crippen molar-refractivity contribution in [2.24, 2.45) is 0 Å². The molecule has 0 aliphatic rings.